The Morgan fingerprint density at radius 3 is 2.45 bits per heavy atom. The summed E-state index contributed by atoms with van der Waals surface area (Å²) in [4.78, 5) is 16.9. The number of nitrogens with zero attached hydrogens (tertiary/aromatic N) is 5. The van der Waals surface area contributed by atoms with Crippen LogP contribution in [0.2, 0.25) is 0 Å². The average Bonchev–Trinajstić information content (AvgIpc) is 3.48. The molecule has 200 valence electrons. The van der Waals surface area contributed by atoms with Gasteiger partial charge in [0, 0.05) is 11.6 Å². The molecule has 2 N–H and O–H groups in total. The molecule has 0 aliphatic heterocycles. The van der Waals surface area contributed by atoms with E-state index in [4.69, 9.17) is 0 Å². The van der Waals surface area contributed by atoms with Crippen LogP contribution in [0.3, 0.4) is 0 Å². The van der Waals surface area contributed by atoms with Crippen LogP contribution in [0.15, 0.2) is 61.3 Å². The molecular formula is C24H21F5N6O3. The van der Waals surface area contributed by atoms with Crippen LogP contribution >= 0.6 is 0 Å². The second-order valence-corrected chi connectivity index (χ2v) is 8.43. The lowest BCUT2D eigenvalue weighted by atomic mass is 9.86. The van der Waals surface area contributed by atoms with E-state index < -0.39 is 41.3 Å². The van der Waals surface area contributed by atoms with Crippen molar-refractivity contribution in [1.82, 2.24) is 29.9 Å². The molecule has 2 aromatic heterocycles. The highest BCUT2D eigenvalue weighted by atomic mass is 19.4. The van der Waals surface area contributed by atoms with Crippen molar-refractivity contribution >= 4 is 5.91 Å². The van der Waals surface area contributed by atoms with Gasteiger partial charge in [-0.3, -0.25) is 4.79 Å². The van der Waals surface area contributed by atoms with Gasteiger partial charge >= 0.3 is 6.36 Å². The number of aliphatic hydroxyl groups is 1. The molecule has 2 unspecified atom stereocenters. The highest BCUT2D eigenvalue weighted by Crippen LogP contribution is 2.30. The van der Waals surface area contributed by atoms with Gasteiger partial charge in [-0.25, -0.2) is 23.1 Å². The molecule has 2 heterocycles. The summed E-state index contributed by atoms with van der Waals surface area (Å²) in [6, 6.07) is 6.44. The molecule has 4 aromatic rings. The lowest BCUT2D eigenvalue weighted by Gasteiger charge is -2.35. The van der Waals surface area contributed by atoms with Crippen LogP contribution in [-0.4, -0.2) is 48.0 Å². The minimum absolute atomic E-state index is 0.0927. The summed E-state index contributed by atoms with van der Waals surface area (Å²) in [6.07, 6.45) is -1.09. The Kier molecular flexibility index (Phi) is 7.18. The first-order valence-corrected chi connectivity index (χ1v) is 11.1. The SMILES string of the molecule is Cc1c(C(=O)NC(C)C(O)(Cn2cncn2)c2ccc(F)cc2F)cnn1-c1ccc(OC(F)(F)F)cc1. The average molecular weight is 536 g/mol. The Labute approximate surface area is 212 Å². The molecule has 1 amide bonds. The highest BCUT2D eigenvalue weighted by molar-refractivity contribution is 5.95. The van der Waals surface area contributed by atoms with Gasteiger partial charge in [0.1, 0.15) is 35.6 Å². The van der Waals surface area contributed by atoms with E-state index in [0.717, 1.165) is 24.3 Å². The maximum absolute atomic E-state index is 14.7. The second kappa shape index (κ2) is 10.2. The smallest absolute Gasteiger partial charge is 0.406 e. The number of hydrogen-bond acceptors (Lipinski definition) is 6. The number of rotatable bonds is 8. The van der Waals surface area contributed by atoms with Gasteiger partial charge in [-0.05, 0) is 44.2 Å². The summed E-state index contributed by atoms with van der Waals surface area (Å²) in [7, 11) is 0. The van der Waals surface area contributed by atoms with Gasteiger partial charge in [0.05, 0.1) is 35.7 Å². The van der Waals surface area contributed by atoms with Gasteiger partial charge in [-0.1, -0.05) is 6.07 Å². The topological polar surface area (TPSA) is 107 Å². The fourth-order valence-electron chi connectivity index (χ4n) is 3.93. The third-order valence-corrected chi connectivity index (χ3v) is 5.90. The van der Waals surface area contributed by atoms with Gasteiger partial charge in [0.25, 0.3) is 5.91 Å². The number of nitrogens with one attached hydrogen (secondary N) is 1. The number of amides is 1. The summed E-state index contributed by atoms with van der Waals surface area (Å²) in [5.41, 5.74) is -1.54. The fourth-order valence-corrected chi connectivity index (χ4v) is 3.93. The zero-order chi connectivity index (χ0) is 27.7. The molecule has 9 nitrogen and oxygen atoms in total. The highest BCUT2D eigenvalue weighted by Gasteiger charge is 2.40. The van der Waals surface area contributed by atoms with E-state index in [1.807, 2.05) is 0 Å². The lowest BCUT2D eigenvalue weighted by Crippen LogP contribution is -2.52. The van der Waals surface area contributed by atoms with E-state index in [-0.39, 0.29) is 17.7 Å². The fraction of sp³-hybridized carbons (Fsp3) is 0.250. The molecule has 2 aromatic carbocycles. The van der Waals surface area contributed by atoms with Gasteiger partial charge < -0.3 is 15.2 Å². The molecular weight excluding hydrogens is 515 g/mol. The quantitative estimate of drug-likeness (QED) is 0.333. The summed E-state index contributed by atoms with van der Waals surface area (Å²) in [6.45, 7) is 2.69. The number of carbonyl (C=O) groups excluding carboxylic acids is 1. The van der Waals surface area contributed by atoms with Crippen LogP contribution in [0.25, 0.3) is 5.69 Å². The second-order valence-electron chi connectivity index (χ2n) is 8.43. The van der Waals surface area contributed by atoms with Crippen LogP contribution in [0.5, 0.6) is 5.75 Å². The van der Waals surface area contributed by atoms with E-state index in [2.05, 4.69) is 25.2 Å². The summed E-state index contributed by atoms with van der Waals surface area (Å²) in [5, 5.41) is 22.2. The molecule has 0 spiro atoms. The molecule has 14 heteroatoms. The minimum atomic E-state index is -4.84. The van der Waals surface area contributed by atoms with Crippen molar-refractivity contribution in [3.05, 3.63) is 89.8 Å². The summed E-state index contributed by atoms with van der Waals surface area (Å²) < 4.78 is 71.9. The van der Waals surface area contributed by atoms with Gasteiger partial charge in [0.2, 0.25) is 0 Å². The lowest BCUT2D eigenvalue weighted by molar-refractivity contribution is -0.274. The summed E-state index contributed by atoms with van der Waals surface area (Å²) >= 11 is 0. The van der Waals surface area contributed by atoms with E-state index >= 15 is 0 Å². The predicted octanol–water partition coefficient (Wildman–Crippen LogP) is 3.66. The third kappa shape index (κ3) is 5.64. The van der Waals surface area contributed by atoms with E-state index in [0.29, 0.717) is 17.4 Å². The molecule has 2 atom stereocenters. The number of ether oxygens (including phenoxy) is 1. The van der Waals surface area contributed by atoms with Crippen LogP contribution in [0, 0.1) is 18.6 Å². The first kappa shape index (κ1) is 26.7. The summed E-state index contributed by atoms with van der Waals surface area (Å²) in [5.74, 6) is -2.95. The normalized spacial score (nSPS) is 14.1. The minimum Gasteiger partial charge on any atom is -0.406 e. The monoisotopic (exact) mass is 536 g/mol. The molecule has 0 aliphatic rings. The number of halogens is 5. The zero-order valence-electron chi connectivity index (χ0n) is 19.9. The van der Waals surface area contributed by atoms with Crippen molar-refractivity contribution in [3.63, 3.8) is 0 Å². The molecule has 0 bridgehead atoms. The molecule has 0 fully saturated rings. The largest absolute Gasteiger partial charge is 0.573 e. The Balaban J connectivity index is 1.58. The third-order valence-electron chi connectivity index (χ3n) is 5.90. The van der Waals surface area contributed by atoms with Crippen LogP contribution in [0.1, 0.15) is 28.5 Å². The van der Waals surface area contributed by atoms with Crippen molar-refractivity contribution in [2.75, 3.05) is 0 Å². The van der Waals surface area contributed by atoms with Crippen molar-refractivity contribution in [3.8, 4) is 11.4 Å². The Bertz CT molecular complexity index is 1420. The molecule has 0 radical (unpaired) electrons. The zero-order valence-corrected chi connectivity index (χ0v) is 19.9. The maximum atomic E-state index is 14.7. The maximum Gasteiger partial charge on any atom is 0.573 e. The van der Waals surface area contributed by atoms with E-state index in [9.17, 15) is 31.9 Å². The Morgan fingerprint density at radius 2 is 1.84 bits per heavy atom. The molecule has 0 saturated heterocycles. The van der Waals surface area contributed by atoms with Crippen molar-refractivity contribution < 1.29 is 36.6 Å². The van der Waals surface area contributed by atoms with Gasteiger partial charge in [0.15, 0.2) is 0 Å². The van der Waals surface area contributed by atoms with Crippen molar-refractivity contribution in [2.45, 2.75) is 38.4 Å². The van der Waals surface area contributed by atoms with Crippen LogP contribution in [-0.2, 0) is 12.1 Å². The molecule has 4 rings (SSSR count). The van der Waals surface area contributed by atoms with E-state index in [1.54, 1.807) is 6.92 Å². The van der Waals surface area contributed by atoms with Crippen LogP contribution < -0.4 is 10.1 Å². The molecule has 0 aliphatic carbocycles. The number of carbonyl (C=O) groups is 1. The number of aromatic nitrogens is 5. The van der Waals surface area contributed by atoms with Crippen molar-refractivity contribution in [2.24, 2.45) is 0 Å². The number of benzene rings is 2. The number of hydrogen-bond donors (Lipinski definition) is 2. The Morgan fingerprint density at radius 1 is 1.13 bits per heavy atom. The number of alkyl halides is 3. The van der Waals surface area contributed by atoms with Gasteiger partial charge in [-0.2, -0.15) is 10.2 Å². The first-order valence-electron chi connectivity index (χ1n) is 11.1. The van der Waals surface area contributed by atoms with Crippen LogP contribution in [0.4, 0.5) is 22.0 Å². The molecule has 38 heavy (non-hydrogen) atoms. The predicted molar refractivity (Wildman–Crippen MR) is 122 cm³/mol. The molecule has 0 saturated carbocycles. The van der Waals surface area contributed by atoms with Gasteiger partial charge in [-0.15, -0.1) is 13.2 Å². The van der Waals surface area contributed by atoms with E-state index in [1.165, 1.54) is 47.3 Å². The van der Waals surface area contributed by atoms with Crippen molar-refractivity contribution in [1.29, 1.82) is 0 Å². The standard InChI is InChI=1S/C24H21F5N6O3/c1-14-19(10-31-35(14)17-4-6-18(7-5-17)38-24(27,28)29)22(36)33-15(2)23(37,11-34-13-30-12-32-34)20-8-3-16(25)9-21(20)26/h3-10,12-13,15,37H,11H2,1-2H3,(H,33,36). The first-order chi connectivity index (χ1) is 17.9. The Hall–Kier alpha value is -4.33.